The minimum atomic E-state index is 0.0546. The van der Waals surface area contributed by atoms with Gasteiger partial charge in [-0.05, 0) is 20.3 Å². The van der Waals surface area contributed by atoms with Gasteiger partial charge in [0.1, 0.15) is 5.84 Å². The molecule has 72 valence electrons. The normalized spacial score (nSPS) is 13.8. The Hall–Kier alpha value is -0.570. The molecule has 3 nitrogen and oxygen atoms in total. The van der Waals surface area contributed by atoms with E-state index in [1.807, 2.05) is 13.8 Å². The second-order valence-corrected chi connectivity index (χ2v) is 3.95. The molecule has 0 spiro atoms. The smallest absolute Gasteiger partial charge is 0.116 e. The Labute approximate surface area is 75.4 Å². The summed E-state index contributed by atoms with van der Waals surface area (Å²) in [6, 6.07) is 0.293. The first-order valence-corrected chi connectivity index (χ1v) is 4.49. The summed E-state index contributed by atoms with van der Waals surface area (Å²) in [5.41, 5.74) is 2.73. The molecule has 0 aliphatic carbocycles. The summed E-state index contributed by atoms with van der Waals surface area (Å²) in [4.78, 5) is 4.42. The number of amidine groups is 1. The van der Waals surface area contributed by atoms with Gasteiger partial charge in [0.15, 0.2) is 0 Å². The molecule has 0 fully saturated rings. The molecule has 0 aromatic rings. The van der Waals surface area contributed by atoms with Crippen LogP contribution in [-0.2, 0) is 0 Å². The lowest BCUT2D eigenvalue weighted by atomic mass is 9.89. The van der Waals surface area contributed by atoms with Crippen molar-refractivity contribution in [3.63, 3.8) is 0 Å². The number of hydrazine groups is 1. The van der Waals surface area contributed by atoms with Gasteiger partial charge in [-0.15, -0.1) is 0 Å². The van der Waals surface area contributed by atoms with Crippen molar-refractivity contribution in [1.29, 1.82) is 0 Å². The second-order valence-electron chi connectivity index (χ2n) is 3.95. The Balaban J connectivity index is 4.54. The molecular weight excluding hydrogens is 150 g/mol. The van der Waals surface area contributed by atoms with Crippen LogP contribution in [0.4, 0.5) is 0 Å². The Morgan fingerprint density at radius 1 is 1.50 bits per heavy atom. The molecule has 0 aliphatic heterocycles. The molecular formula is C9H21N3. The molecule has 3 N–H and O–H groups in total. The van der Waals surface area contributed by atoms with Crippen molar-refractivity contribution in [2.24, 2.45) is 16.3 Å². The first-order chi connectivity index (χ1) is 5.44. The zero-order chi connectivity index (χ0) is 9.78. The highest BCUT2D eigenvalue weighted by molar-refractivity contribution is 5.87. The zero-order valence-corrected chi connectivity index (χ0v) is 8.81. The molecule has 0 heterocycles. The zero-order valence-electron chi connectivity index (χ0n) is 8.81. The molecule has 3 heteroatoms. The van der Waals surface area contributed by atoms with Gasteiger partial charge in [0.25, 0.3) is 0 Å². The van der Waals surface area contributed by atoms with Crippen molar-refractivity contribution in [3.8, 4) is 0 Å². The van der Waals surface area contributed by atoms with Gasteiger partial charge in [0, 0.05) is 11.5 Å². The minimum absolute atomic E-state index is 0.0546. The van der Waals surface area contributed by atoms with Crippen molar-refractivity contribution < 1.29 is 0 Å². The van der Waals surface area contributed by atoms with Crippen LogP contribution in [0.15, 0.2) is 4.99 Å². The number of rotatable bonds is 3. The standard InChI is InChI=1S/C9H21N3/c1-6-9(4,5)8(12-10)11-7(2)3/h7H,6,10H2,1-5H3,(H,11,12). The maximum absolute atomic E-state index is 5.40. The number of hydrogen-bond donors (Lipinski definition) is 2. The molecule has 0 aliphatic rings. The van der Waals surface area contributed by atoms with E-state index in [0.717, 1.165) is 12.3 Å². The summed E-state index contributed by atoms with van der Waals surface area (Å²) in [5, 5.41) is 0. The number of hydrogen-bond acceptors (Lipinski definition) is 2. The van der Waals surface area contributed by atoms with E-state index in [4.69, 9.17) is 5.84 Å². The fourth-order valence-electron chi connectivity index (χ4n) is 0.833. The maximum atomic E-state index is 5.40. The summed E-state index contributed by atoms with van der Waals surface area (Å²) in [6.45, 7) is 10.5. The lowest BCUT2D eigenvalue weighted by Crippen LogP contribution is -2.41. The predicted octanol–water partition coefficient (Wildman–Crippen LogP) is 1.69. The van der Waals surface area contributed by atoms with E-state index in [-0.39, 0.29) is 5.41 Å². The van der Waals surface area contributed by atoms with Crippen molar-refractivity contribution in [2.45, 2.75) is 47.1 Å². The third-order valence-electron chi connectivity index (χ3n) is 2.05. The summed E-state index contributed by atoms with van der Waals surface area (Å²) >= 11 is 0. The Morgan fingerprint density at radius 2 is 2.00 bits per heavy atom. The van der Waals surface area contributed by atoms with Crippen molar-refractivity contribution >= 4 is 5.84 Å². The molecule has 0 unspecified atom stereocenters. The van der Waals surface area contributed by atoms with Gasteiger partial charge in [0.2, 0.25) is 0 Å². The van der Waals surface area contributed by atoms with Crippen LogP contribution in [0.1, 0.15) is 41.0 Å². The predicted molar refractivity (Wildman–Crippen MR) is 54.0 cm³/mol. The average Bonchev–Trinajstić information content (AvgIpc) is 1.99. The van der Waals surface area contributed by atoms with E-state index in [1.54, 1.807) is 0 Å². The molecule has 12 heavy (non-hydrogen) atoms. The molecule has 0 amide bonds. The monoisotopic (exact) mass is 171 g/mol. The van der Waals surface area contributed by atoms with Crippen molar-refractivity contribution in [1.82, 2.24) is 5.43 Å². The maximum Gasteiger partial charge on any atom is 0.116 e. The molecule has 0 bridgehead atoms. The van der Waals surface area contributed by atoms with Gasteiger partial charge in [-0.2, -0.15) is 0 Å². The van der Waals surface area contributed by atoms with Gasteiger partial charge >= 0.3 is 0 Å². The van der Waals surface area contributed by atoms with Crippen LogP contribution in [-0.4, -0.2) is 11.9 Å². The largest absolute Gasteiger partial charge is 0.312 e. The lowest BCUT2D eigenvalue weighted by molar-refractivity contribution is 0.481. The van der Waals surface area contributed by atoms with Crippen molar-refractivity contribution in [2.75, 3.05) is 0 Å². The SMILES string of the molecule is CCC(C)(C)C(=NC(C)C)NN. The van der Waals surface area contributed by atoms with Crippen molar-refractivity contribution in [3.05, 3.63) is 0 Å². The van der Waals surface area contributed by atoms with Gasteiger partial charge in [-0.3, -0.25) is 4.99 Å². The van der Waals surface area contributed by atoms with Crippen LogP contribution in [0.3, 0.4) is 0 Å². The van der Waals surface area contributed by atoms with Crippen LogP contribution in [0, 0.1) is 5.41 Å². The summed E-state index contributed by atoms with van der Waals surface area (Å²) in [6.07, 6.45) is 1.03. The summed E-state index contributed by atoms with van der Waals surface area (Å²) < 4.78 is 0. The molecule has 0 aromatic heterocycles. The van der Waals surface area contributed by atoms with E-state index in [2.05, 4.69) is 31.2 Å². The quantitative estimate of drug-likeness (QED) is 0.294. The molecule has 0 rings (SSSR count). The Kier molecular flexibility index (Phi) is 4.24. The molecule has 0 saturated heterocycles. The van der Waals surface area contributed by atoms with Gasteiger partial charge in [-0.25, -0.2) is 5.84 Å². The van der Waals surface area contributed by atoms with Crippen LogP contribution in [0.25, 0.3) is 0 Å². The highest BCUT2D eigenvalue weighted by Crippen LogP contribution is 2.20. The topological polar surface area (TPSA) is 50.4 Å². The van der Waals surface area contributed by atoms with Crippen LogP contribution >= 0.6 is 0 Å². The van der Waals surface area contributed by atoms with E-state index in [9.17, 15) is 0 Å². The van der Waals surface area contributed by atoms with E-state index >= 15 is 0 Å². The number of nitrogens with one attached hydrogen (secondary N) is 1. The van der Waals surface area contributed by atoms with Gasteiger partial charge in [-0.1, -0.05) is 20.8 Å². The van der Waals surface area contributed by atoms with E-state index < -0.39 is 0 Å². The summed E-state index contributed by atoms with van der Waals surface area (Å²) in [7, 11) is 0. The van der Waals surface area contributed by atoms with Gasteiger partial charge < -0.3 is 5.43 Å². The van der Waals surface area contributed by atoms with E-state index in [0.29, 0.717) is 6.04 Å². The molecule has 0 saturated carbocycles. The minimum Gasteiger partial charge on any atom is -0.312 e. The Bertz CT molecular complexity index is 159. The van der Waals surface area contributed by atoms with Crippen LogP contribution in [0.5, 0.6) is 0 Å². The fraction of sp³-hybridized carbons (Fsp3) is 0.889. The third kappa shape index (κ3) is 3.22. The highest BCUT2D eigenvalue weighted by atomic mass is 15.3. The second kappa shape index (κ2) is 4.45. The van der Waals surface area contributed by atoms with Crippen LogP contribution < -0.4 is 11.3 Å². The number of nitrogens with two attached hydrogens (primary N) is 1. The number of nitrogens with zero attached hydrogens (tertiary/aromatic N) is 1. The average molecular weight is 171 g/mol. The molecule has 0 aromatic carbocycles. The first-order valence-electron chi connectivity index (χ1n) is 4.49. The van der Waals surface area contributed by atoms with E-state index in [1.165, 1.54) is 0 Å². The third-order valence-corrected chi connectivity index (χ3v) is 2.05. The molecule has 0 atom stereocenters. The summed E-state index contributed by atoms with van der Waals surface area (Å²) in [5.74, 6) is 6.29. The van der Waals surface area contributed by atoms with Crippen LogP contribution in [0.2, 0.25) is 0 Å². The lowest BCUT2D eigenvalue weighted by Gasteiger charge is -2.25. The van der Waals surface area contributed by atoms with Gasteiger partial charge in [0.05, 0.1) is 0 Å². The number of aliphatic imine (C=N–C) groups is 1. The fourth-order valence-corrected chi connectivity index (χ4v) is 0.833. The molecule has 0 radical (unpaired) electrons. The Morgan fingerprint density at radius 3 is 2.25 bits per heavy atom. The highest BCUT2D eigenvalue weighted by Gasteiger charge is 2.22. The first kappa shape index (κ1) is 11.4.